The van der Waals surface area contributed by atoms with Crippen LogP contribution < -0.4 is 5.32 Å². The van der Waals surface area contributed by atoms with Crippen molar-refractivity contribution in [2.45, 2.75) is 19.3 Å². The number of fused-ring (bicyclic) bond motifs is 1. The van der Waals surface area contributed by atoms with Crippen LogP contribution >= 0.6 is 0 Å². The Labute approximate surface area is 111 Å². The zero-order valence-corrected chi connectivity index (χ0v) is 10.7. The average Bonchev–Trinajstić information content (AvgIpc) is 2.93. The Balaban J connectivity index is 1.64. The number of nitrogens with zero attached hydrogens (tertiary/aromatic N) is 1. The quantitative estimate of drug-likeness (QED) is 0.828. The van der Waals surface area contributed by atoms with Gasteiger partial charge in [0.05, 0.1) is 11.7 Å². The SMILES string of the molecule is O=C(NCC1CC=CCC1)c1ccc2cn[nH]c2c1. The Bertz CT molecular complexity index is 615. The lowest BCUT2D eigenvalue weighted by Gasteiger charge is -2.18. The maximum absolute atomic E-state index is 12.1. The lowest BCUT2D eigenvalue weighted by molar-refractivity contribution is 0.0946. The fraction of sp³-hybridized carbons (Fsp3) is 0.333. The van der Waals surface area contributed by atoms with E-state index in [1.807, 2.05) is 18.2 Å². The number of carbonyl (C=O) groups excluding carboxylic acids is 1. The van der Waals surface area contributed by atoms with Crippen molar-refractivity contribution in [1.82, 2.24) is 15.5 Å². The normalized spacial score (nSPS) is 18.6. The Morgan fingerprint density at radius 1 is 1.42 bits per heavy atom. The van der Waals surface area contributed by atoms with Gasteiger partial charge in [0.1, 0.15) is 0 Å². The molecule has 1 aliphatic rings. The van der Waals surface area contributed by atoms with Crippen molar-refractivity contribution in [2.75, 3.05) is 6.54 Å². The summed E-state index contributed by atoms with van der Waals surface area (Å²) in [6.07, 6.45) is 9.53. The van der Waals surface area contributed by atoms with Gasteiger partial charge in [0.25, 0.3) is 5.91 Å². The number of allylic oxidation sites excluding steroid dienone is 2. The van der Waals surface area contributed by atoms with E-state index in [4.69, 9.17) is 0 Å². The van der Waals surface area contributed by atoms with Gasteiger partial charge < -0.3 is 5.32 Å². The van der Waals surface area contributed by atoms with Crippen molar-refractivity contribution in [3.63, 3.8) is 0 Å². The molecule has 98 valence electrons. The maximum atomic E-state index is 12.1. The van der Waals surface area contributed by atoms with Crippen molar-refractivity contribution < 1.29 is 4.79 Å². The number of hydrogen-bond acceptors (Lipinski definition) is 2. The third-order valence-electron chi connectivity index (χ3n) is 3.63. The molecule has 0 spiro atoms. The van der Waals surface area contributed by atoms with E-state index in [2.05, 4.69) is 27.7 Å². The van der Waals surface area contributed by atoms with Crippen LogP contribution in [0.15, 0.2) is 36.5 Å². The van der Waals surface area contributed by atoms with Gasteiger partial charge >= 0.3 is 0 Å². The van der Waals surface area contributed by atoms with Gasteiger partial charge in [-0.1, -0.05) is 18.2 Å². The molecule has 19 heavy (non-hydrogen) atoms. The third kappa shape index (κ3) is 2.67. The number of rotatable bonds is 3. The minimum atomic E-state index is -0.00828. The minimum absolute atomic E-state index is 0.00828. The second kappa shape index (κ2) is 5.26. The van der Waals surface area contributed by atoms with Crippen molar-refractivity contribution >= 4 is 16.8 Å². The first-order valence-electron chi connectivity index (χ1n) is 6.69. The topological polar surface area (TPSA) is 57.8 Å². The van der Waals surface area contributed by atoms with Crippen LogP contribution in [-0.2, 0) is 0 Å². The first-order chi connectivity index (χ1) is 9.33. The minimum Gasteiger partial charge on any atom is -0.352 e. The summed E-state index contributed by atoms with van der Waals surface area (Å²) in [5.41, 5.74) is 1.58. The van der Waals surface area contributed by atoms with E-state index in [0.717, 1.165) is 36.7 Å². The molecule has 1 unspecified atom stereocenters. The molecule has 0 fully saturated rings. The maximum Gasteiger partial charge on any atom is 0.251 e. The van der Waals surface area contributed by atoms with E-state index in [1.54, 1.807) is 6.20 Å². The largest absolute Gasteiger partial charge is 0.352 e. The Kier molecular flexibility index (Phi) is 3.31. The zero-order chi connectivity index (χ0) is 13.1. The number of H-pyrrole nitrogens is 1. The Morgan fingerprint density at radius 3 is 3.21 bits per heavy atom. The monoisotopic (exact) mass is 255 g/mol. The highest BCUT2D eigenvalue weighted by atomic mass is 16.1. The molecule has 0 aliphatic heterocycles. The smallest absolute Gasteiger partial charge is 0.251 e. The molecule has 1 aromatic heterocycles. The van der Waals surface area contributed by atoms with E-state index in [-0.39, 0.29) is 5.91 Å². The van der Waals surface area contributed by atoms with Gasteiger partial charge in [0, 0.05) is 17.5 Å². The zero-order valence-electron chi connectivity index (χ0n) is 10.7. The van der Waals surface area contributed by atoms with Crippen LogP contribution in [-0.4, -0.2) is 22.6 Å². The van der Waals surface area contributed by atoms with E-state index in [1.165, 1.54) is 0 Å². The predicted octanol–water partition coefficient (Wildman–Crippen LogP) is 2.65. The number of carbonyl (C=O) groups is 1. The number of aromatic amines is 1. The van der Waals surface area contributed by atoms with Crippen LogP contribution in [0.2, 0.25) is 0 Å². The van der Waals surface area contributed by atoms with Crippen LogP contribution in [0.5, 0.6) is 0 Å². The molecule has 0 bridgehead atoms. The molecule has 1 aliphatic carbocycles. The molecule has 2 N–H and O–H groups in total. The standard InChI is InChI=1S/C15H17N3O/c19-15(16-9-11-4-2-1-3-5-11)12-6-7-13-10-17-18-14(13)8-12/h1-2,6-8,10-11H,3-5,9H2,(H,16,19)(H,17,18). The molecule has 1 aromatic carbocycles. The van der Waals surface area contributed by atoms with Crippen molar-refractivity contribution in [3.8, 4) is 0 Å². The van der Waals surface area contributed by atoms with Gasteiger partial charge in [-0.25, -0.2) is 0 Å². The number of nitrogens with one attached hydrogen (secondary N) is 2. The highest BCUT2D eigenvalue weighted by Crippen LogP contribution is 2.17. The highest BCUT2D eigenvalue weighted by molar-refractivity contribution is 5.97. The summed E-state index contributed by atoms with van der Waals surface area (Å²) in [5, 5.41) is 10.9. The summed E-state index contributed by atoms with van der Waals surface area (Å²) in [6.45, 7) is 0.754. The van der Waals surface area contributed by atoms with Crippen LogP contribution in [0.1, 0.15) is 29.6 Å². The van der Waals surface area contributed by atoms with E-state index in [0.29, 0.717) is 11.5 Å². The second-order valence-electron chi connectivity index (χ2n) is 5.03. The van der Waals surface area contributed by atoms with Gasteiger partial charge in [-0.15, -0.1) is 0 Å². The fourth-order valence-corrected chi connectivity index (χ4v) is 2.46. The Morgan fingerprint density at radius 2 is 2.37 bits per heavy atom. The number of benzene rings is 1. The van der Waals surface area contributed by atoms with E-state index < -0.39 is 0 Å². The Hall–Kier alpha value is -2.10. The molecule has 2 aromatic rings. The lowest BCUT2D eigenvalue weighted by Crippen LogP contribution is -2.29. The number of amides is 1. The van der Waals surface area contributed by atoms with Gasteiger partial charge in [0.15, 0.2) is 0 Å². The molecular formula is C15H17N3O. The van der Waals surface area contributed by atoms with Crippen LogP contribution in [0.3, 0.4) is 0 Å². The van der Waals surface area contributed by atoms with Gasteiger partial charge in [0.2, 0.25) is 0 Å². The third-order valence-corrected chi connectivity index (χ3v) is 3.63. The van der Waals surface area contributed by atoms with Gasteiger partial charge in [-0.3, -0.25) is 9.89 Å². The summed E-state index contributed by atoms with van der Waals surface area (Å²) in [6, 6.07) is 5.60. The number of aromatic nitrogens is 2. The van der Waals surface area contributed by atoms with Gasteiger partial charge in [-0.2, -0.15) is 5.10 Å². The first kappa shape index (κ1) is 12.0. The van der Waals surface area contributed by atoms with Crippen LogP contribution in [0.25, 0.3) is 10.9 Å². The average molecular weight is 255 g/mol. The summed E-state index contributed by atoms with van der Waals surface area (Å²) in [4.78, 5) is 12.1. The van der Waals surface area contributed by atoms with Crippen molar-refractivity contribution in [3.05, 3.63) is 42.1 Å². The van der Waals surface area contributed by atoms with Crippen LogP contribution in [0, 0.1) is 5.92 Å². The molecule has 0 saturated heterocycles. The lowest BCUT2D eigenvalue weighted by atomic mass is 9.94. The molecule has 1 heterocycles. The van der Waals surface area contributed by atoms with Gasteiger partial charge in [-0.05, 0) is 37.3 Å². The summed E-state index contributed by atoms with van der Waals surface area (Å²) < 4.78 is 0. The first-order valence-corrected chi connectivity index (χ1v) is 6.69. The second-order valence-corrected chi connectivity index (χ2v) is 5.03. The van der Waals surface area contributed by atoms with E-state index in [9.17, 15) is 4.79 Å². The van der Waals surface area contributed by atoms with Crippen molar-refractivity contribution in [2.24, 2.45) is 5.92 Å². The summed E-state index contributed by atoms with van der Waals surface area (Å²) in [7, 11) is 0. The van der Waals surface area contributed by atoms with Crippen LogP contribution in [0.4, 0.5) is 0 Å². The van der Waals surface area contributed by atoms with Crippen molar-refractivity contribution in [1.29, 1.82) is 0 Å². The molecule has 3 rings (SSSR count). The molecule has 1 atom stereocenters. The molecular weight excluding hydrogens is 238 g/mol. The molecule has 0 radical (unpaired) electrons. The number of hydrogen-bond donors (Lipinski definition) is 2. The van der Waals surface area contributed by atoms with E-state index >= 15 is 0 Å². The summed E-state index contributed by atoms with van der Waals surface area (Å²) >= 11 is 0. The summed E-state index contributed by atoms with van der Waals surface area (Å²) in [5.74, 6) is 0.566. The molecule has 0 saturated carbocycles. The molecule has 4 heteroatoms. The molecule has 4 nitrogen and oxygen atoms in total. The fourth-order valence-electron chi connectivity index (χ4n) is 2.46. The molecule has 1 amide bonds. The highest BCUT2D eigenvalue weighted by Gasteiger charge is 2.12. The predicted molar refractivity (Wildman–Crippen MR) is 74.9 cm³/mol.